The number of halogens is 1. The van der Waals surface area contributed by atoms with Gasteiger partial charge >= 0.3 is 0 Å². The lowest BCUT2D eigenvalue weighted by molar-refractivity contribution is 0.480. The fourth-order valence-corrected chi connectivity index (χ4v) is 2.22. The molecule has 2 nitrogen and oxygen atoms in total. The molecule has 0 saturated carbocycles. The average molecular weight is 261 g/mol. The van der Waals surface area contributed by atoms with Gasteiger partial charge in [-0.15, -0.1) is 0 Å². The van der Waals surface area contributed by atoms with Crippen molar-refractivity contribution in [1.82, 2.24) is 4.98 Å². The monoisotopic (exact) mass is 260 g/mol. The lowest BCUT2D eigenvalue weighted by Gasteiger charge is -2.28. The molecule has 1 heterocycles. The Morgan fingerprint density at radius 1 is 1.22 bits per heavy atom. The number of aromatic nitrogens is 1. The molecule has 1 aromatic heterocycles. The first-order valence-electron chi connectivity index (χ1n) is 5.99. The highest BCUT2D eigenvalue weighted by atomic mass is 35.5. The van der Waals surface area contributed by atoms with Crippen LogP contribution in [0.4, 0.5) is 0 Å². The number of benzene rings is 1. The molecule has 0 spiro atoms. The highest BCUT2D eigenvalue weighted by Gasteiger charge is 2.25. The second-order valence-corrected chi connectivity index (χ2v) is 5.25. The largest absolute Gasteiger partial charge is 0.330 e. The predicted octanol–water partition coefficient (Wildman–Crippen LogP) is 3.19. The molecule has 2 rings (SSSR count). The summed E-state index contributed by atoms with van der Waals surface area (Å²) in [5.41, 5.74) is 8.28. The van der Waals surface area contributed by atoms with Gasteiger partial charge in [0, 0.05) is 29.4 Å². The minimum absolute atomic E-state index is 0.0897. The minimum Gasteiger partial charge on any atom is -0.330 e. The number of hydrogen-bond acceptors (Lipinski definition) is 2. The van der Waals surface area contributed by atoms with E-state index in [4.69, 9.17) is 17.3 Å². The van der Waals surface area contributed by atoms with Crippen molar-refractivity contribution >= 4 is 11.6 Å². The Morgan fingerprint density at radius 3 is 2.50 bits per heavy atom. The minimum atomic E-state index is -0.0897. The van der Waals surface area contributed by atoms with Gasteiger partial charge in [-0.1, -0.05) is 36.7 Å². The van der Waals surface area contributed by atoms with Crippen molar-refractivity contribution in [3.8, 4) is 0 Å². The molecule has 3 heteroatoms. The van der Waals surface area contributed by atoms with Crippen LogP contribution < -0.4 is 5.73 Å². The maximum Gasteiger partial charge on any atom is 0.0406 e. The van der Waals surface area contributed by atoms with Crippen LogP contribution in [0.1, 0.15) is 18.1 Å². The molecule has 94 valence electrons. The van der Waals surface area contributed by atoms with Crippen LogP contribution in [0.5, 0.6) is 0 Å². The zero-order valence-corrected chi connectivity index (χ0v) is 11.2. The summed E-state index contributed by atoms with van der Waals surface area (Å²) in [4.78, 5) is 4.15. The zero-order chi connectivity index (χ0) is 13.0. The molecule has 1 unspecified atom stereocenters. The highest BCUT2D eigenvalue weighted by molar-refractivity contribution is 6.30. The van der Waals surface area contributed by atoms with E-state index in [1.165, 1.54) is 11.1 Å². The first-order chi connectivity index (χ1) is 8.64. The van der Waals surface area contributed by atoms with E-state index in [9.17, 15) is 0 Å². The van der Waals surface area contributed by atoms with Crippen LogP contribution in [0.15, 0.2) is 48.8 Å². The molecule has 0 aliphatic carbocycles. The summed E-state index contributed by atoms with van der Waals surface area (Å²) in [6, 6.07) is 11.9. The zero-order valence-electron chi connectivity index (χ0n) is 10.4. The van der Waals surface area contributed by atoms with E-state index in [1.54, 1.807) is 6.20 Å². The predicted molar refractivity (Wildman–Crippen MR) is 75.8 cm³/mol. The third-order valence-electron chi connectivity index (χ3n) is 3.31. The van der Waals surface area contributed by atoms with Gasteiger partial charge in [0.15, 0.2) is 0 Å². The van der Waals surface area contributed by atoms with Gasteiger partial charge in [0.25, 0.3) is 0 Å². The first-order valence-corrected chi connectivity index (χ1v) is 6.37. The van der Waals surface area contributed by atoms with Gasteiger partial charge < -0.3 is 5.73 Å². The van der Waals surface area contributed by atoms with Crippen molar-refractivity contribution in [3.63, 3.8) is 0 Å². The van der Waals surface area contributed by atoms with Crippen molar-refractivity contribution < 1.29 is 0 Å². The lowest BCUT2D eigenvalue weighted by Crippen LogP contribution is -2.34. The summed E-state index contributed by atoms with van der Waals surface area (Å²) in [5, 5.41) is 0.750. The molecular weight excluding hydrogens is 244 g/mol. The standard InChI is InChI=1S/C15H17ClN2/c1-15(11-17,9-12-3-2-8-18-10-12)13-4-6-14(16)7-5-13/h2-8,10H,9,11,17H2,1H3. The topological polar surface area (TPSA) is 38.9 Å². The fourth-order valence-electron chi connectivity index (χ4n) is 2.10. The van der Waals surface area contributed by atoms with Crippen molar-refractivity contribution in [3.05, 3.63) is 64.9 Å². The summed E-state index contributed by atoms with van der Waals surface area (Å²) in [5.74, 6) is 0. The Labute approximate surface area is 113 Å². The Hall–Kier alpha value is -1.38. The molecule has 18 heavy (non-hydrogen) atoms. The highest BCUT2D eigenvalue weighted by Crippen LogP contribution is 2.28. The number of nitrogens with zero attached hydrogens (tertiary/aromatic N) is 1. The summed E-state index contributed by atoms with van der Waals surface area (Å²) in [6.07, 6.45) is 4.55. The molecule has 2 aromatic rings. The number of rotatable bonds is 4. The molecule has 0 saturated heterocycles. The Balaban J connectivity index is 2.28. The van der Waals surface area contributed by atoms with Crippen LogP contribution in [0.3, 0.4) is 0 Å². The van der Waals surface area contributed by atoms with Gasteiger partial charge in [-0.3, -0.25) is 4.98 Å². The van der Waals surface area contributed by atoms with Crippen LogP contribution >= 0.6 is 11.6 Å². The lowest BCUT2D eigenvalue weighted by atomic mass is 9.78. The van der Waals surface area contributed by atoms with Gasteiger partial charge in [0.1, 0.15) is 0 Å². The molecule has 0 aliphatic rings. The molecule has 1 aromatic carbocycles. The first kappa shape index (κ1) is 13.1. The van der Waals surface area contributed by atoms with Crippen LogP contribution in [0.2, 0.25) is 5.02 Å². The van der Waals surface area contributed by atoms with E-state index in [0.29, 0.717) is 6.54 Å². The van der Waals surface area contributed by atoms with E-state index in [1.807, 2.05) is 36.5 Å². The second-order valence-electron chi connectivity index (χ2n) is 4.81. The molecule has 2 N–H and O–H groups in total. The maximum absolute atomic E-state index is 5.97. The molecule has 1 atom stereocenters. The van der Waals surface area contributed by atoms with Crippen molar-refractivity contribution in [2.24, 2.45) is 5.73 Å². The van der Waals surface area contributed by atoms with Crippen molar-refractivity contribution in [2.45, 2.75) is 18.8 Å². The van der Waals surface area contributed by atoms with Crippen LogP contribution in [-0.4, -0.2) is 11.5 Å². The van der Waals surface area contributed by atoms with Gasteiger partial charge in [0.2, 0.25) is 0 Å². The van der Waals surface area contributed by atoms with Crippen molar-refractivity contribution in [1.29, 1.82) is 0 Å². The smallest absolute Gasteiger partial charge is 0.0406 e. The summed E-state index contributed by atoms with van der Waals surface area (Å²) >= 11 is 5.92. The maximum atomic E-state index is 5.97. The molecule has 0 aliphatic heterocycles. The second kappa shape index (κ2) is 5.51. The summed E-state index contributed by atoms with van der Waals surface area (Å²) in [7, 11) is 0. The SMILES string of the molecule is CC(CN)(Cc1cccnc1)c1ccc(Cl)cc1. The van der Waals surface area contributed by atoms with E-state index >= 15 is 0 Å². The molecular formula is C15H17ClN2. The van der Waals surface area contributed by atoms with Crippen molar-refractivity contribution in [2.75, 3.05) is 6.54 Å². The van der Waals surface area contributed by atoms with Crippen LogP contribution in [-0.2, 0) is 11.8 Å². The summed E-state index contributed by atoms with van der Waals surface area (Å²) in [6.45, 7) is 2.76. The van der Waals surface area contributed by atoms with Gasteiger partial charge in [-0.2, -0.15) is 0 Å². The third-order valence-corrected chi connectivity index (χ3v) is 3.56. The van der Waals surface area contributed by atoms with Gasteiger partial charge in [0.05, 0.1) is 0 Å². The third kappa shape index (κ3) is 2.89. The van der Waals surface area contributed by atoms with Gasteiger partial charge in [-0.05, 0) is 35.7 Å². The Kier molecular flexibility index (Phi) is 4.00. The van der Waals surface area contributed by atoms with E-state index < -0.39 is 0 Å². The normalized spacial score (nSPS) is 14.2. The van der Waals surface area contributed by atoms with E-state index in [0.717, 1.165) is 11.4 Å². The number of nitrogens with two attached hydrogens (primary N) is 1. The fraction of sp³-hybridized carbons (Fsp3) is 0.267. The quantitative estimate of drug-likeness (QED) is 0.917. The van der Waals surface area contributed by atoms with Crippen LogP contribution in [0.25, 0.3) is 0 Å². The average Bonchev–Trinajstić information content (AvgIpc) is 2.40. The Morgan fingerprint density at radius 2 is 1.94 bits per heavy atom. The molecule has 0 radical (unpaired) electrons. The Bertz CT molecular complexity index is 496. The van der Waals surface area contributed by atoms with Crippen LogP contribution in [0, 0.1) is 0 Å². The molecule has 0 fully saturated rings. The van der Waals surface area contributed by atoms with Gasteiger partial charge in [-0.25, -0.2) is 0 Å². The van der Waals surface area contributed by atoms with E-state index in [2.05, 4.69) is 18.0 Å². The molecule has 0 bridgehead atoms. The molecule has 0 amide bonds. The van der Waals surface area contributed by atoms with E-state index in [-0.39, 0.29) is 5.41 Å². The summed E-state index contributed by atoms with van der Waals surface area (Å²) < 4.78 is 0. The number of hydrogen-bond donors (Lipinski definition) is 1. The number of pyridine rings is 1.